The van der Waals surface area contributed by atoms with Gasteiger partial charge < -0.3 is 11.1 Å². The zero-order valence-corrected chi connectivity index (χ0v) is 23.7. The van der Waals surface area contributed by atoms with E-state index in [-0.39, 0.29) is 22.8 Å². The van der Waals surface area contributed by atoms with Gasteiger partial charge in [-0.3, -0.25) is 18.8 Å². The normalized spacial score (nSPS) is 11.8. The summed E-state index contributed by atoms with van der Waals surface area (Å²) in [7, 11) is 3.45. The number of benzene rings is 2. The maximum absolute atomic E-state index is 14.3. The van der Waals surface area contributed by atoms with E-state index >= 15 is 0 Å². The molecule has 3 aromatic heterocycles. The number of nitrogens with zero attached hydrogens (tertiary/aromatic N) is 7. The zero-order chi connectivity index (χ0) is 30.0. The maximum atomic E-state index is 14.3. The molecule has 5 aromatic rings. The molecule has 11 nitrogen and oxygen atoms in total. The number of rotatable bonds is 6. The highest BCUT2D eigenvalue weighted by Gasteiger charge is 2.25. The Hall–Kier alpha value is -5.76. The first kappa shape index (κ1) is 27.8. The lowest BCUT2D eigenvalue weighted by Gasteiger charge is -2.20. The average molecular weight is 560 g/mol. The van der Waals surface area contributed by atoms with Gasteiger partial charge >= 0.3 is 0 Å². The van der Waals surface area contributed by atoms with Crippen LogP contribution in [0.3, 0.4) is 0 Å². The van der Waals surface area contributed by atoms with Crippen molar-refractivity contribution in [2.45, 2.75) is 19.9 Å². The summed E-state index contributed by atoms with van der Waals surface area (Å²) in [5.41, 5.74) is 9.15. The highest BCUT2D eigenvalue weighted by atomic mass is 16.2. The highest BCUT2D eigenvalue weighted by molar-refractivity contribution is 6.03. The molecule has 2 aromatic carbocycles. The van der Waals surface area contributed by atoms with E-state index in [4.69, 9.17) is 10.7 Å². The molecule has 1 amide bonds. The molecule has 0 aliphatic heterocycles. The lowest BCUT2D eigenvalue weighted by molar-refractivity contribution is 0.0939. The van der Waals surface area contributed by atoms with Crippen LogP contribution in [0.15, 0.2) is 77.3 Å². The van der Waals surface area contributed by atoms with Crippen LogP contribution >= 0.6 is 0 Å². The van der Waals surface area contributed by atoms with Gasteiger partial charge in [-0.15, -0.1) is 0 Å². The van der Waals surface area contributed by atoms with Gasteiger partial charge in [0.1, 0.15) is 11.4 Å². The molecule has 0 aliphatic carbocycles. The van der Waals surface area contributed by atoms with E-state index in [1.165, 1.54) is 21.5 Å². The average Bonchev–Trinajstić information content (AvgIpc) is 3.50. The third kappa shape index (κ3) is 5.33. The Morgan fingerprint density at radius 3 is 2.69 bits per heavy atom. The van der Waals surface area contributed by atoms with Crippen molar-refractivity contribution in [1.82, 2.24) is 34.4 Å². The molecule has 0 bridgehead atoms. The predicted molar refractivity (Wildman–Crippen MR) is 163 cm³/mol. The first-order valence-corrected chi connectivity index (χ1v) is 13.1. The summed E-state index contributed by atoms with van der Waals surface area (Å²) in [4.78, 5) is 36.9. The van der Waals surface area contributed by atoms with E-state index in [0.717, 1.165) is 11.1 Å². The van der Waals surface area contributed by atoms with E-state index in [1.807, 2.05) is 38.2 Å². The van der Waals surface area contributed by atoms with Gasteiger partial charge in [-0.05, 0) is 43.7 Å². The first-order valence-electron chi connectivity index (χ1n) is 13.1. The Labute approximate surface area is 242 Å². The molecule has 210 valence electrons. The summed E-state index contributed by atoms with van der Waals surface area (Å²) in [6.07, 6.45) is 6.40. The van der Waals surface area contributed by atoms with Crippen molar-refractivity contribution >= 4 is 34.7 Å². The van der Waals surface area contributed by atoms with Gasteiger partial charge in [-0.2, -0.15) is 10.2 Å². The van der Waals surface area contributed by atoms with Crippen LogP contribution in [-0.4, -0.2) is 41.2 Å². The number of nitrogen functional groups attached to an aromatic ring is 1. The monoisotopic (exact) mass is 559 g/mol. The van der Waals surface area contributed by atoms with Crippen molar-refractivity contribution in [2.75, 3.05) is 5.73 Å². The molecule has 42 heavy (non-hydrogen) atoms. The molecular formula is C31H29N9O2. The fourth-order valence-corrected chi connectivity index (χ4v) is 4.64. The first-order chi connectivity index (χ1) is 20.2. The number of allylic oxidation sites excluding steroid dienone is 1. The van der Waals surface area contributed by atoms with Gasteiger partial charge in [0.15, 0.2) is 11.6 Å². The van der Waals surface area contributed by atoms with E-state index in [1.54, 1.807) is 49.2 Å². The molecule has 11 heteroatoms. The Balaban J connectivity index is 1.65. The van der Waals surface area contributed by atoms with Crippen LogP contribution < -0.4 is 16.6 Å². The van der Waals surface area contributed by atoms with Crippen molar-refractivity contribution in [3.05, 3.63) is 106 Å². The lowest BCUT2D eigenvalue weighted by Crippen LogP contribution is -2.33. The van der Waals surface area contributed by atoms with Gasteiger partial charge in [0.05, 0.1) is 34.4 Å². The topological polar surface area (TPSA) is 138 Å². The number of hydrogen-bond donors (Lipinski definition) is 2. The molecule has 3 heterocycles. The van der Waals surface area contributed by atoms with Crippen LogP contribution in [0.5, 0.6) is 0 Å². The van der Waals surface area contributed by atoms with Crippen molar-refractivity contribution in [3.63, 3.8) is 0 Å². The molecule has 0 aliphatic rings. The lowest BCUT2D eigenvalue weighted by atomic mass is 10.1. The predicted octanol–water partition coefficient (Wildman–Crippen LogP) is 3.52. The van der Waals surface area contributed by atoms with Crippen LogP contribution in [0.2, 0.25) is 0 Å². The standard InChI is InChI=1S/C31H29N9O2/c1-6-15-33-29-26(27(32)37-39(29)5)30(41)35-20(3)28-36-24-12-8-10-22(14-13-21-17-34-38(4)18-21)25(24)31(42)40(28)23-11-7-9-19(2)16-23/h6-12,15-18,20H,1H2,2-5H3,(H2,32,37)(H,35,41)/b33-15-. The van der Waals surface area contributed by atoms with Gasteiger partial charge in [0, 0.05) is 32.1 Å². The van der Waals surface area contributed by atoms with E-state index < -0.39 is 11.9 Å². The number of aromatic nitrogens is 6. The summed E-state index contributed by atoms with van der Waals surface area (Å²) in [6, 6.07) is 12.1. The van der Waals surface area contributed by atoms with Crippen molar-refractivity contribution in [2.24, 2.45) is 19.1 Å². The smallest absolute Gasteiger partial charge is 0.267 e. The van der Waals surface area contributed by atoms with Crippen LogP contribution in [0, 0.1) is 18.8 Å². The second-order valence-corrected chi connectivity index (χ2v) is 9.72. The zero-order valence-electron chi connectivity index (χ0n) is 23.7. The van der Waals surface area contributed by atoms with Crippen molar-refractivity contribution in [1.29, 1.82) is 0 Å². The van der Waals surface area contributed by atoms with E-state index in [2.05, 4.69) is 38.9 Å². The third-order valence-corrected chi connectivity index (χ3v) is 6.54. The number of carbonyl (C=O) groups is 1. The number of aryl methyl sites for hydroxylation is 3. The third-order valence-electron chi connectivity index (χ3n) is 6.54. The fourth-order valence-electron chi connectivity index (χ4n) is 4.64. The molecular weight excluding hydrogens is 530 g/mol. The summed E-state index contributed by atoms with van der Waals surface area (Å²) in [6.45, 7) is 7.32. The molecule has 0 fully saturated rings. The fraction of sp³-hybridized carbons (Fsp3) is 0.161. The number of nitrogens with one attached hydrogen (secondary N) is 1. The summed E-state index contributed by atoms with van der Waals surface area (Å²) in [5, 5.41) is 11.6. The number of aliphatic imine (C=N–C) groups is 1. The van der Waals surface area contributed by atoms with Crippen LogP contribution in [0.25, 0.3) is 16.6 Å². The summed E-state index contributed by atoms with van der Waals surface area (Å²) < 4.78 is 4.59. The number of amides is 1. The molecule has 0 spiro atoms. The molecule has 0 saturated carbocycles. The molecule has 0 saturated heterocycles. The minimum absolute atomic E-state index is 0.0257. The minimum Gasteiger partial charge on any atom is -0.381 e. The highest BCUT2D eigenvalue weighted by Crippen LogP contribution is 2.26. The van der Waals surface area contributed by atoms with Crippen molar-refractivity contribution < 1.29 is 4.79 Å². The molecule has 1 atom stereocenters. The van der Waals surface area contributed by atoms with Crippen LogP contribution in [-0.2, 0) is 14.1 Å². The SMILES string of the molecule is C=C/C=N\c1c(C(=O)NC(C)c2nc3cccc(C#Cc4cnn(C)c4)c3c(=O)n2-c2cccc(C)c2)c(N)nn1C. The van der Waals surface area contributed by atoms with Gasteiger partial charge in [-0.25, -0.2) is 14.7 Å². The number of nitrogens with two attached hydrogens (primary N) is 1. The Kier molecular flexibility index (Phi) is 7.53. The van der Waals surface area contributed by atoms with Gasteiger partial charge in [0.25, 0.3) is 11.5 Å². The largest absolute Gasteiger partial charge is 0.381 e. The Morgan fingerprint density at radius 1 is 1.19 bits per heavy atom. The molecule has 0 radical (unpaired) electrons. The molecule has 3 N–H and O–H groups in total. The minimum atomic E-state index is -0.712. The van der Waals surface area contributed by atoms with Crippen LogP contribution in [0.1, 0.15) is 45.8 Å². The number of carbonyl (C=O) groups excluding carboxylic acids is 1. The molecule has 1 unspecified atom stereocenters. The second-order valence-electron chi connectivity index (χ2n) is 9.72. The molecule has 5 rings (SSSR count). The quantitative estimate of drug-likeness (QED) is 0.241. The maximum Gasteiger partial charge on any atom is 0.267 e. The van der Waals surface area contributed by atoms with E-state index in [0.29, 0.717) is 28.0 Å². The summed E-state index contributed by atoms with van der Waals surface area (Å²) in [5.74, 6) is 6.31. The second kappa shape index (κ2) is 11.4. The summed E-state index contributed by atoms with van der Waals surface area (Å²) >= 11 is 0. The Bertz CT molecular complexity index is 2000. The van der Waals surface area contributed by atoms with Crippen molar-refractivity contribution in [3.8, 4) is 17.5 Å². The van der Waals surface area contributed by atoms with Gasteiger partial charge in [-0.1, -0.05) is 42.7 Å². The number of hydrogen-bond acceptors (Lipinski definition) is 7. The Morgan fingerprint density at radius 2 is 1.98 bits per heavy atom. The van der Waals surface area contributed by atoms with E-state index in [9.17, 15) is 9.59 Å². The number of fused-ring (bicyclic) bond motifs is 1. The van der Waals surface area contributed by atoms with Gasteiger partial charge in [0.2, 0.25) is 0 Å². The number of anilines is 1. The van der Waals surface area contributed by atoms with Crippen LogP contribution in [0.4, 0.5) is 11.6 Å².